The first-order valence-corrected chi connectivity index (χ1v) is 7.34. The van der Waals surface area contributed by atoms with E-state index in [1.54, 1.807) is 9.80 Å². The van der Waals surface area contributed by atoms with Gasteiger partial charge in [-0.25, -0.2) is 0 Å². The number of carboxylic acids is 2. The third-order valence-electron chi connectivity index (χ3n) is 3.18. The van der Waals surface area contributed by atoms with Crippen LogP contribution in [0.3, 0.4) is 0 Å². The second-order valence-corrected chi connectivity index (χ2v) is 5.06. The molecule has 0 aromatic rings. The number of hydrogen-bond donors (Lipinski definition) is 2. The van der Waals surface area contributed by atoms with Crippen LogP contribution in [0.25, 0.3) is 0 Å². The van der Waals surface area contributed by atoms with Crippen molar-refractivity contribution in [1.29, 1.82) is 0 Å². The van der Waals surface area contributed by atoms with Gasteiger partial charge in [-0.05, 0) is 0 Å². The summed E-state index contributed by atoms with van der Waals surface area (Å²) in [5.74, 6) is -2.13. The Morgan fingerprint density at radius 2 is 0.958 bits per heavy atom. The molecule has 0 fully saturated rings. The molecule has 0 amide bonds. The fourth-order valence-corrected chi connectivity index (χ4v) is 2.03. The van der Waals surface area contributed by atoms with Gasteiger partial charge in [0.25, 0.3) is 0 Å². The van der Waals surface area contributed by atoms with Crippen LogP contribution in [-0.2, 0) is 24.0 Å². The predicted octanol–water partition coefficient (Wildman–Crippen LogP) is -2.34. The van der Waals surface area contributed by atoms with Crippen molar-refractivity contribution < 1.29 is 34.2 Å². The Kier molecular flexibility index (Phi) is 12.1. The Morgan fingerprint density at radius 3 is 1.38 bits per heavy atom. The minimum atomic E-state index is -1.08. The lowest BCUT2D eigenvalue weighted by Crippen LogP contribution is -2.43. The highest BCUT2D eigenvalue weighted by molar-refractivity contribution is 5.70. The van der Waals surface area contributed by atoms with E-state index in [-0.39, 0.29) is 52.4 Å². The van der Waals surface area contributed by atoms with Gasteiger partial charge in [-0.2, -0.15) is 0 Å². The van der Waals surface area contributed by atoms with Gasteiger partial charge >= 0.3 is 11.9 Å². The van der Waals surface area contributed by atoms with Crippen molar-refractivity contribution in [1.82, 2.24) is 14.7 Å². The van der Waals surface area contributed by atoms with Crippen molar-refractivity contribution in [3.63, 3.8) is 0 Å². The van der Waals surface area contributed by atoms with Gasteiger partial charge in [0.05, 0.1) is 32.7 Å². The van der Waals surface area contributed by atoms with Crippen molar-refractivity contribution in [2.75, 3.05) is 58.9 Å². The lowest BCUT2D eigenvalue weighted by molar-refractivity contribution is -0.140. The molecular formula is C14H23N3O7. The number of rotatable bonds is 16. The van der Waals surface area contributed by atoms with Crippen LogP contribution < -0.4 is 0 Å². The second-order valence-electron chi connectivity index (χ2n) is 5.06. The maximum atomic E-state index is 10.9. The van der Waals surface area contributed by atoms with Gasteiger partial charge in [-0.3, -0.25) is 24.3 Å². The maximum absolute atomic E-state index is 10.9. The minimum Gasteiger partial charge on any atom is -0.480 e. The van der Waals surface area contributed by atoms with Crippen LogP contribution in [-0.4, -0.2) is 115 Å². The van der Waals surface area contributed by atoms with Crippen molar-refractivity contribution in [3.05, 3.63) is 0 Å². The van der Waals surface area contributed by atoms with E-state index in [1.165, 1.54) is 4.90 Å². The van der Waals surface area contributed by atoms with Crippen LogP contribution in [0.4, 0.5) is 0 Å². The van der Waals surface area contributed by atoms with Crippen LogP contribution in [0.5, 0.6) is 0 Å². The minimum absolute atomic E-state index is 0.0599. The van der Waals surface area contributed by atoms with Crippen molar-refractivity contribution in [2.45, 2.75) is 0 Å². The number of aliphatic carboxylic acids is 2. The molecule has 24 heavy (non-hydrogen) atoms. The number of carbonyl (C=O) groups excluding carboxylic acids is 3. The molecule has 10 nitrogen and oxygen atoms in total. The van der Waals surface area contributed by atoms with E-state index in [4.69, 9.17) is 10.2 Å². The zero-order valence-electron chi connectivity index (χ0n) is 13.4. The molecule has 0 saturated carbocycles. The molecule has 0 spiro atoms. The first-order valence-electron chi connectivity index (χ1n) is 7.34. The van der Waals surface area contributed by atoms with Gasteiger partial charge in [-0.15, -0.1) is 0 Å². The summed E-state index contributed by atoms with van der Waals surface area (Å²) in [6, 6.07) is 0. The van der Waals surface area contributed by atoms with Crippen LogP contribution in [0, 0.1) is 0 Å². The van der Waals surface area contributed by atoms with Gasteiger partial charge in [0.1, 0.15) is 18.9 Å². The molecule has 0 aromatic carbocycles. The number of carbonyl (C=O) groups is 5. The summed E-state index contributed by atoms with van der Waals surface area (Å²) in [6.07, 6.45) is 1.90. The molecule has 0 unspecified atom stereocenters. The zero-order chi connectivity index (χ0) is 18.4. The van der Waals surface area contributed by atoms with E-state index in [0.29, 0.717) is 25.4 Å². The second kappa shape index (κ2) is 13.3. The number of carboxylic acid groups (broad SMARTS) is 2. The van der Waals surface area contributed by atoms with E-state index in [9.17, 15) is 24.0 Å². The molecule has 0 aliphatic carbocycles. The summed E-state index contributed by atoms with van der Waals surface area (Å²) in [5.41, 5.74) is 0. The van der Waals surface area contributed by atoms with Crippen LogP contribution in [0.2, 0.25) is 0 Å². The summed E-state index contributed by atoms with van der Waals surface area (Å²) < 4.78 is 0. The van der Waals surface area contributed by atoms with Crippen molar-refractivity contribution >= 4 is 30.8 Å². The Balaban J connectivity index is 4.59. The van der Waals surface area contributed by atoms with E-state index in [2.05, 4.69) is 0 Å². The van der Waals surface area contributed by atoms with Crippen LogP contribution in [0.1, 0.15) is 0 Å². The molecule has 10 heteroatoms. The lowest BCUT2D eigenvalue weighted by Gasteiger charge is -2.26. The molecule has 0 heterocycles. The highest BCUT2D eigenvalue weighted by atomic mass is 16.4. The first-order chi connectivity index (χ1) is 11.4. The Bertz CT molecular complexity index is 421. The van der Waals surface area contributed by atoms with E-state index in [0.717, 1.165) is 0 Å². The molecule has 0 aliphatic rings. The summed E-state index contributed by atoms with van der Waals surface area (Å²) in [7, 11) is 0. The Morgan fingerprint density at radius 1 is 0.625 bits per heavy atom. The molecule has 0 atom stereocenters. The smallest absolute Gasteiger partial charge is 0.317 e. The quantitative estimate of drug-likeness (QED) is 0.293. The van der Waals surface area contributed by atoms with E-state index < -0.39 is 11.9 Å². The molecule has 136 valence electrons. The summed E-state index contributed by atoms with van der Waals surface area (Å²) >= 11 is 0. The summed E-state index contributed by atoms with van der Waals surface area (Å²) in [6.45, 7) is 0.540. The maximum Gasteiger partial charge on any atom is 0.317 e. The highest BCUT2D eigenvalue weighted by Gasteiger charge is 2.15. The normalized spacial score (nSPS) is 11.0. The van der Waals surface area contributed by atoms with E-state index in [1.807, 2.05) is 0 Å². The van der Waals surface area contributed by atoms with E-state index >= 15 is 0 Å². The number of hydrogen-bond acceptors (Lipinski definition) is 8. The first kappa shape index (κ1) is 21.8. The zero-order valence-corrected chi connectivity index (χ0v) is 13.4. The molecule has 0 rings (SSSR count). The van der Waals surface area contributed by atoms with Gasteiger partial charge in [-0.1, -0.05) is 0 Å². The molecular weight excluding hydrogens is 322 g/mol. The van der Waals surface area contributed by atoms with Gasteiger partial charge in [0, 0.05) is 26.2 Å². The molecule has 0 saturated heterocycles. The Hall–Kier alpha value is -2.17. The number of nitrogens with zero attached hydrogens (tertiary/aromatic N) is 3. The standard InChI is InChI=1S/C14H23N3O7/c18-8-5-15(6-9-19)1-2-16(11-13(21)22)3-4-17(7-10-20)12-14(23)24/h8-10H,1-7,11-12H2,(H,21,22)(H,23,24). The third kappa shape index (κ3) is 11.4. The monoisotopic (exact) mass is 345 g/mol. The number of aldehydes is 3. The average Bonchev–Trinajstić information content (AvgIpc) is 2.49. The largest absolute Gasteiger partial charge is 0.480 e. The summed E-state index contributed by atoms with van der Waals surface area (Å²) in [4.78, 5) is 57.8. The molecule has 0 aromatic heterocycles. The van der Waals surface area contributed by atoms with Crippen molar-refractivity contribution in [2.24, 2.45) is 0 Å². The topological polar surface area (TPSA) is 136 Å². The molecule has 2 N–H and O–H groups in total. The van der Waals surface area contributed by atoms with Crippen molar-refractivity contribution in [3.8, 4) is 0 Å². The molecule has 0 aliphatic heterocycles. The summed E-state index contributed by atoms with van der Waals surface area (Å²) in [5, 5.41) is 17.7. The van der Waals surface area contributed by atoms with Crippen LogP contribution >= 0.6 is 0 Å². The SMILES string of the molecule is O=CCN(CC=O)CCN(CCN(CC=O)CC(=O)O)CC(=O)O. The van der Waals surface area contributed by atoms with Crippen LogP contribution in [0.15, 0.2) is 0 Å². The van der Waals surface area contributed by atoms with Gasteiger partial charge in [0.15, 0.2) is 0 Å². The lowest BCUT2D eigenvalue weighted by atomic mass is 10.3. The third-order valence-corrected chi connectivity index (χ3v) is 3.18. The highest BCUT2D eigenvalue weighted by Crippen LogP contribution is 1.95. The predicted molar refractivity (Wildman–Crippen MR) is 82.8 cm³/mol. The van der Waals surface area contributed by atoms with Gasteiger partial charge in [0.2, 0.25) is 0 Å². The Labute approximate surface area is 139 Å². The fourth-order valence-electron chi connectivity index (χ4n) is 2.03. The fraction of sp³-hybridized carbons (Fsp3) is 0.643. The van der Waals surface area contributed by atoms with Gasteiger partial charge < -0.3 is 24.6 Å². The molecule has 0 bridgehead atoms. The molecule has 0 radical (unpaired) electrons. The average molecular weight is 345 g/mol.